The summed E-state index contributed by atoms with van der Waals surface area (Å²) >= 11 is 0. The quantitative estimate of drug-likeness (QED) is 0.929. The number of benzene rings is 1. The number of amides is 1. The molecule has 0 bridgehead atoms. The maximum absolute atomic E-state index is 13.0. The van der Waals surface area contributed by atoms with Crippen LogP contribution >= 0.6 is 0 Å². The summed E-state index contributed by atoms with van der Waals surface area (Å²) in [5, 5.41) is 2.88. The van der Waals surface area contributed by atoms with Crippen molar-refractivity contribution in [2.75, 3.05) is 36.5 Å². The van der Waals surface area contributed by atoms with Crippen molar-refractivity contribution in [3.05, 3.63) is 54.0 Å². The van der Waals surface area contributed by atoms with Gasteiger partial charge in [-0.05, 0) is 42.2 Å². The lowest BCUT2D eigenvalue weighted by Gasteiger charge is -2.28. The predicted molar refractivity (Wildman–Crippen MR) is 93.1 cm³/mol. The van der Waals surface area contributed by atoms with Gasteiger partial charge in [-0.15, -0.1) is 0 Å². The Bertz CT molecular complexity index is 742. The van der Waals surface area contributed by atoms with Crippen LogP contribution in [0.5, 0.6) is 0 Å². The zero-order chi connectivity index (χ0) is 17.2. The van der Waals surface area contributed by atoms with Crippen molar-refractivity contribution in [3.8, 4) is 0 Å². The SMILES string of the molecule is O=C(Nc1ccc(N2CCOCC2)cn1)C1CC1c1ccc(F)cc1. The Morgan fingerprint density at radius 2 is 1.92 bits per heavy atom. The van der Waals surface area contributed by atoms with Crippen molar-refractivity contribution in [3.63, 3.8) is 0 Å². The fourth-order valence-electron chi connectivity index (χ4n) is 3.25. The molecule has 1 aliphatic heterocycles. The number of nitrogens with one attached hydrogen (secondary N) is 1. The topological polar surface area (TPSA) is 54.5 Å². The number of hydrogen-bond acceptors (Lipinski definition) is 4. The molecule has 1 N–H and O–H groups in total. The summed E-state index contributed by atoms with van der Waals surface area (Å²) in [5.41, 5.74) is 2.05. The zero-order valence-electron chi connectivity index (χ0n) is 13.8. The number of morpholine rings is 1. The third-order valence-electron chi connectivity index (χ3n) is 4.80. The minimum absolute atomic E-state index is 0.0269. The number of carbonyl (C=O) groups excluding carboxylic acids is 1. The first-order valence-corrected chi connectivity index (χ1v) is 8.56. The molecule has 1 saturated heterocycles. The number of aromatic nitrogens is 1. The van der Waals surface area contributed by atoms with Gasteiger partial charge in [-0.25, -0.2) is 9.37 Å². The molecule has 1 amide bonds. The minimum Gasteiger partial charge on any atom is -0.378 e. The first kappa shape index (κ1) is 16.0. The highest BCUT2D eigenvalue weighted by molar-refractivity contribution is 5.94. The highest BCUT2D eigenvalue weighted by atomic mass is 19.1. The summed E-state index contributed by atoms with van der Waals surface area (Å²) in [6.45, 7) is 3.17. The van der Waals surface area contributed by atoms with Crippen LogP contribution in [0.15, 0.2) is 42.6 Å². The Morgan fingerprint density at radius 1 is 1.16 bits per heavy atom. The molecule has 0 radical (unpaired) electrons. The molecule has 25 heavy (non-hydrogen) atoms. The molecule has 1 aliphatic carbocycles. The number of rotatable bonds is 4. The summed E-state index contributed by atoms with van der Waals surface area (Å²) in [7, 11) is 0. The summed E-state index contributed by atoms with van der Waals surface area (Å²) in [6, 6.07) is 10.2. The van der Waals surface area contributed by atoms with Gasteiger partial charge in [0.1, 0.15) is 11.6 Å². The number of ether oxygens (including phenoxy) is 1. The molecule has 4 rings (SSSR count). The van der Waals surface area contributed by atoms with Gasteiger partial charge in [0.25, 0.3) is 0 Å². The van der Waals surface area contributed by atoms with E-state index in [1.165, 1.54) is 12.1 Å². The summed E-state index contributed by atoms with van der Waals surface area (Å²) < 4.78 is 18.3. The smallest absolute Gasteiger partial charge is 0.229 e. The molecule has 6 heteroatoms. The summed E-state index contributed by atoms with van der Waals surface area (Å²) in [5.74, 6) is 0.391. The molecule has 2 unspecified atom stereocenters. The maximum atomic E-state index is 13.0. The number of anilines is 2. The Balaban J connectivity index is 1.34. The van der Waals surface area contributed by atoms with E-state index in [-0.39, 0.29) is 23.6 Å². The van der Waals surface area contributed by atoms with Gasteiger partial charge in [0.15, 0.2) is 0 Å². The van der Waals surface area contributed by atoms with Crippen LogP contribution in [-0.4, -0.2) is 37.2 Å². The average molecular weight is 341 g/mol. The van der Waals surface area contributed by atoms with Crippen LogP contribution in [0.4, 0.5) is 15.9 Å². The monoisotopic (exact) mass is 341 g/mol. The third-order valence-corrected chi connectivity index (χ3v) is 4.80. The van der Waals surface area contributed by atoms with Gasteiger partial charge >= 0.3 is 0 Å². The van der Waals surface area contributed by atoms with Gasteiger partial charge in [0.05, 0.1) is 25.1 Å². The standard InChI is InChI=1S/C19H20FN3O2/c20-14-3-1-13(2-4-14)16-11-17(16)19(24)22-18-6-5-15(12-21-18)23-7-9-25-10-8-23/h1-6,12,16-17H,7-11H2,(H,21,22,24). The molecule has 5 nitrogen and oxygen atoms in total. The number of halogens is 1. The first-order chi connectivity index (χ1) is 12.2. The molecular formula is C19H20FN3O2. The van der Waals surface area contributed by atoms with E-state index >= 15 is 0 Å². The lowest BCUT2D eigenvalue weighted by Crippen LogP contribution is -2.36. The van der Waals surface area contributed by atoms with E-state index in [1.54, 1.807) is 18.3 Å². The average Bonchev–Trinajstić information content (AvgIpc) is 3.45. The van der Waals surface area contributed by atoms with Crippen LogP contribution in [0.2, 0.25) is 0 Å². The second-order valence-electron chi connectivity index (χ2n) is 6.49. The van der Waals surface area contributed by atoms with Crippen LogP contribution < -0.4 is 10.2 Å². The first-order valence-electron chi connectivity index (χ1n) is 8.56. The molecular weight excluding hydrogens is 321 g/mol. The molecule has 2 heterocycles. The van der Waals surface area contributed by atoms with E-state index in [4.69, 9.17) is 4.74 Å². The van der Waals surface area contributed by atoms with Gasteiger partial charge in [0, 0.05) is 19.0 Å². The number of hydrogen-bond donors (Lipinski definition) is 1. The number of carbonyl (C=O) groups is 1. The molecule has 2 aromatic rings. The highest BCUT2D eigenvalue weighted by Crippen LogP contribution is 2.47. The molecule has 2 atom stereocenters. The van der Waals surface area contributed by atoms with E-state index < -0.39 is 0 Å². The molecule has 0 spiro atoms. The molecule has 2 fully saturated rings. The fraction of sp³-hybridized carbons (Fsp3) is 0.368. The van der Waals surface area contributed by atoms with Crippen molar-refractivity contribution < 1.29 is 13.9 Å². The predicted octanol–water partition coefficient (Wildman–Crippen LogP) is 2.80. The lowest BCUT2D eigenvalue weighted by molar-refractivity contribution is -0.117. The van der Waals surface area contributed by atoms with Gasteiger partial charge in [-0.3, -0.25) is 4.79 Å². The van der Waals surface area contributed by atoms with E-state index in [1.807, 2.05) is 12.1 Å². The van der Waals surface area contributed by atoms with E-state index in [0.29, 0.717) is 5.82 Å². The van der Waals surface area contributed by atoms with Crippen LogP contribution in [-0.2, 0) is 9.53 Å². The Kier molecular flexibility index (Phi) is 4.36. The minimum atomic E-state index is -0.255. The summed E-state index contributed by atoms with van der Waals surface area (Å²) in [4.78, 5) is 18.9. The van der Waals surface area contributed by atoms with E-state index in [2.05, 4.69) is 15.2 Å². The third kappa shape index (κ3) is 3.64. The number of nitrogens with zero attached hydrogens (tertiary/aromatic N) is 2. The van der Waals surface area contributed by atoms with Crippen molar-refractivity contribution in [2.24, 2.45) is 5.92 Å². The van der Waals surface area contributed by atoms with Crippen LogP contribution in [0.1, 0.15) is 17.9 Å². The van der Waals surface area contributed by atoms with Gasteiger partial charge < -0.3 is 15.0 Å². The molecule has 1 aromatic heterocycles. The second kappa shape index (κ2) is 6.80. The van der Waals surface area contributed by atoms with E-state index in [0.717, 1.165) is 44.0 Å². The Hall–Kier alpha value is -2.47. The molecule has 2 aliphatic rings. The van der Waals surface area contributed by atoms with Crippen LogP contribution in [0.25, 0.3) is 0 Å². The Morgan fingerprint density at radius 3 is 2.60 bits per heavy atom. The Labute approximate surface area is 145 Å². The fourth-order valence-corrected chi connectivity index (χ4v) is 3.25. The molecule has 1 aromatic carbocycles. The van der Waals surface area contributed by atoms with Gasteiger partial charge in [-0.2, -0.15) is 0 Å². The van der Waals surface area contributed by atoms with Crippen LogP contribution in [0, 0.1) is 11.7 Å². The normalized spacial score (nSPS) is 22.5. The van der Waals surface area contributed by atoms with Gasteiger partial charge in [0.2, 0.25) is 5.91 Å². The molecule has 130 valence electrons. The van der Waals surface area contributed by atoms with E-state index in [9.17, 15) is 9.18 Å². The van der Waals surface area contributed by atoms with Crippen molar-refractivity contribution >= 4 is 17.4 Å². The largest absolute Gasteiger partial charge is 0.378 e. The number of pyridine rings is 1. The summed E-state index contributed by atoms with van der Waals surface area (Å²) in [6.07, 6.45) is 2.58. The lowest BCUT2D eigenvalue weighted by atomic mass is 10.1. The van der Waals surface area contributed by atoms with Crippen molar-refractivity contribution in [1.82, 2.24) is 4.98 Å². The van der Waals surface area contributed by atoms with Crippen LogP contribution in [0.3, 0.4) is 0 Å². The second-order valence-corrected chi connectivity index (χ2v) is 6.49. The zero-order valence-corrected chi connectivity index (χ0v) is 13.8. The maximum Gasteiger partial charge on any atom is 0.229 e. The van der Waals surface area contributed by atoms with Crippen molar-refractivity contribution in [2.45, 2.75) is 12.3 Å². The van der Waals surface area contributed by atoms with Gasteiger partial charge in [-0.1, -0.05) is 12.1 Å². The molecule has 1 saturated carbocycles. The van der Waals surface area contributed by atoms with Crippen molar-refractivity contribution in [1.29, 1.82) is 0 Å². The highest BCUT2D eigenvalue weighted by Gasteiger charge is 2.44.